The largest absolute Gasteiger partial charge is 0.460 e. The van der Waals surface area contributed by atoms with E-state index in [1.807, 2.05) is 0 Å². The predicted molar refractivity (Wildman–Crippen MR) is 170 cm³/mol. The Balaban J connectivity index is 3.35. The third-order valence-electron chi connectivity index (χ3n) is 10.3. The third-order valence-corrected chi connectivity index (χ3v) is 10.3. The Morgan fingerprint density at radius 1 is 0.236 bits per heavy atom. The molecule has 1 saturated heterocycles. The van der Waals surface area contributed by atoms with E-state index in [1.165, 1.54) is 0 Å². The fourth-order valence-electron chi connectivity index (χ4n) is 5.70. The third kappa shape index (κ3) is 12.0. The van der Waals surface area contributed by atoms with Crippen molar-refractivity contribution >= 4 is 0 Å². The van der Waals surface area contributed by atoms with Gasteiger partial charge in [0.25, 0.3) is 0 Å². The maximum Gasteiger partial charge on any atom is 0.460 e. The summed E-state index contributed by atoms with van der Waals surface area (Å²) in [6, 6.07) is 0. The Hall–Kier alpha value is -2.58. The normalized spacial score (nSPS) is 19.6. The van der Waals surface area contributed by atoms with Crippen molar-refractivity contribution < 1.29 is 163 Å². The Kier molecular flexibility index (Phi) is 20.4. The van der Waals surface area contributed by atoms with Crippen molar-refractivity contribution in [3.63, 3.8) is 0 Å². The second-order valence-corrected chi connectivity index (χ2v) is 15.4. The zero-order valence-electron chi connectivity index (χ0n) is 35.0. The summed E-state index contributed by atoms with van der Waals surface area (Å²) >= 11 is 0. The summed E-state index contributed by atoms with van der Waals surface area (Å²) in [5, 5.41) is 0. The van der Waals surface area contributed by atoms with Gasteiger partial charge in [-0.2, -0.15) is 149 Å². The highest BCUT2D eigenvalue weighted by atomic mass is 19.4. The fourth-order valence-corrected chi connectivity index (χ4v) is 5.70. The molecule has 39 heteroatoms. The van der Waals surface area contributed by atoms with E-state index in [0.717, 1.165) is 0 Å². The predicted octanol–water partition coefficient (Wildman–Crippen LogP) is 12.6. The average Bonchev–Trinajstić information content (AvgIpc) is 3.20. The first kappa shape index (κ1) is 67.4. The van der Waals surface area contributed by atoms with E-state index in [2.05, 4.69) is 0 Å². The number of ether oxygens (including phenoxy) is 3. The van der Waals surface area contributed by atoms with Crippen LogP contribution in [0.15, 0.2) is 0 Å². The molecule has 432 valence electrons. The van der Waals surface area contributed by atoms with Crippen molar-refractivity contribution in [3.05, 3.63) is 0 Å². The standard InChI is InChI=1S/C33H34F34N2O3/c34-18(35,20(38,39)22(42,43)24(46,47)26(50,51)28(54,55)30(58,59)32(62,63)64)4-7-68-6-2-1-3-12-70-16-17-72-15-11-69(10-14-71-13-9-68)8-5-19(36,37)21(40,41)23(44,45)25(48,49)27(52,53)29(56,57)31(60,61)33(65,66)67/h1-17H2. The first-order chi connectivity index (χ1) is 31.7. The minimum Gasteiger partial charge on any atom is -0.379 e. The quantitative estimate of drug-likeness (QED) is 0.128. The van der Waals surface area contributed by atoms with Gasteiger partial charge in [0.1, 0.15) is 0 Å². The molecule has 1 aliphatic rings. The van der Waals surface area contributed by atoms with E-state index in [1.54, 1.807) is 0 Å². The van der Waals surface area contributed by atoms with E-state index in [-0.39, 0.29) is 32.5 Å². The molecule has 1 heterocycles. The van der Waals surface area contributed by atoms with Gasteiger partial charge in [-0.25, -0.2) is 0 Å². The summed E-state index contributed by atoms with van der Waals surface area (Å²) in [5.74, 6) is -117. The SMILES string of the molecule is FC(F)(F)C(F)(F)C(F)(F)C(F)(F)C(F)(F)C(F)(F)C(F)(F)C(F)(F)CCN1CCCCCOCCOCCN(CCC(F)(F)C(F)(F)C(F)(F)C(F)(F)C(F)(F)C(F)(F)C(F)(F)C(F)(F)F)CCOCC1. The molecule has 0 spiro atoms. The van der Waals surface area contributed by atoms with Gasteiger partial charge in [-0.1, -0.05) is 0 Å². The first-order valence-corrected chi connectivity index (χ1v) is 19.3. The highest BCUT2D eigenvalue weighted by Gasteiger charge is 2.97. The van der Waals surface area contributed by atoms with Gasteiger partial charge in [0.05, 0.1) is 33.0 Å². The average molecular weight is 1150 g/mol. The molecule has 0 radical (unpaired) electrons. The van der Waals surface area contributed by atoms with E-state index in [4.69, 9.17) is 14.2 Å². The molecular formula is C33H34F34N2O3. The molecule has 1 fully saturated rings. The number of alkyl halides is 34. The van der Waals surface area contributed by atoms with Gasteiger partial charge >= 0.3 is 95.3 Å². The number of rotatable bonds is 18. The van der Waals surface area contributed by atoms with Crippen LogP contribution in [0.1, 0.15) is 32.1 Å². The van der Waals surface area contributed by atoms with Gasteiger partial charge in [-0.15, -0.1) is 0 Å². The Morgan fingerprint density at radius 3 is 0.764 bits per heavy atom. The van der Waals surface area contributed by atoms with Crippen molar-refractivity contribution in [2.75, 3.05) is 78.9 Å². The van der Waals surface area contributed by atoms with Crippen molar-refractivity contribution in [1.82, 2.24) is 9.80 Å². The molecule has 0 aromatic heterocycles. The molecule has 1 aliphatic heterocycles. The molecule has 0 unspecified atom stereocenters. The fraction of sp³-hybridized carbons (Fsp3) is 1.00. The van der Waals surface area contributed by atoms with Crippen molar-refractivity contribution in [3.8, 4) is 0 Å². The summed E-state index contributed by atoms with van der Waals surface area (Å²) in [6.45, 7) is -10.8. The van der Waals surface area contributed by atoms with Crippen LogP contribution in [-0.4, -0.2) is 184 Å². The lowest BCUT2D eigenvalue weighted by molar-refractivity contribution is -0.461. The topological polar surface area (TPSA) is 34.2 Å². The number of halogens is 34. The van der Waals surface area contributed by atoms with E-state index in [9.17, 15) is 149 Å². The van der Waals surface area contributed by atoms with Gasteiger partial charge in [0, 0.05) is 52.2 Å². The minimum absolute atomic E-state index is 0.00378. The summed E-state index contributed by atoms with van der Waals surface area (Å²) in [5.41, 5.74) is 0. The highest BCUT2D eigenvalue weighted by molar-refractivity contribution is 5.16. The van der Waals surface area contributed by atoms with Gasteiger partial charge in [0.2, 0.25) is 0 Å². The number of hydrogen-bond acceptors (Lipinski definition) is 5. The lowest BCUT2D eigenvalue weighted by Crippen LogP contribution is -2.74. The second-order valence-electron chi connectivity index (χ2n) is 15.4. The van der Waals surface area contributed by atoms with Crippen molar-refractivity contribution in [2.45, 2.75) is 127 Å². The smallest absolute Gasteiger partial charge is 0.379 e. The Bertz CT molecular complexity index is 1590. The van der Waals surface area contributed by atoms with Gasteiger partial charge in [0.15, 0.2) is 0 Å². The van der Waals surface area contributed by atoms with E-state index < -0.39 is 174 Å². The van der Waals surface area contributed by atoms with E-state index >= 15 is 0 Å². The van der Waals surface area contributed by atoms with Crippen LogP contribution in [0.4, 0.5) is 149 Å². The summed E-state index contributed by atoms with van der Waals surface area (Å²) in [7, 11) is 0. The molecule has 0 amide bonds. The minimum atomic E-state index is -8.89. The van der Waals surface area contributed by atoms with Crippen molar-refractivity contribution in [2.24, 2.45) is 0 Å². The monoisotopic (exact) mass is 1150 g/mol. The number of hydrogen-bond donors (Lipinski definition) is 0. The Morgan fingerprint density at radius 2 is 0.472 bits per heavy atom. The molecule has 5 nitrogen and oxygen atoms in total. The van der Waals surface area contributed by atoms with Crippen LogP contribution >= 0.6 is 0 Å². The number of nitrogens with zero attached hydrogens (tertiary/aromatic N) is 2. The molecule has 1 rings (SSSR count). The summed E-state index contributed by atoms with van der Waals surface area (Å²) < 4.78 is 481. The van der Waals surface area contributed by atoms with Crippen LogP contribution in [-0.2, 0) is 14.2 Å². The molecule has 72 heavy (non-hydrogen) atoms. The lowest BCUT2D eigenvalue weighted by atomic mass is 9.88. The second kappa shape index (κ2) is 21.8. The van der Waals surface area contributed by atoms with Crippen LogP contribution in [0, 0.1) is 0 Å². The van der Waals surface area contributed by atoms with Crippen LogP contribution in [0.3, 0.4) is 0 Å². The highest BCUT2D eigenvalue weighted by Crippen LogP contribution is 2.66. The zero-order chi connectivity index (χ0) is 57.3. The molecule has 0 saturated carbocycles. The summed E-state index contributed by atoms with van der Waals surface area (Å²) in [4.78, 5) is 0.849. The molecule has 0 N–H and O–H groups in total. The molecule has 0 atom stereocenters. The maximum absolute atomic E-state index is 14.6. The van der Waals surface area contributed by atoms with Gasteiger partial charge in [-0.05, 0) is 25.8 Å². The molecule has 0 aliphatic carbocycles. The zero-order valence-corrected chi connectivity index (χ0v) is 35.0. The molecule has 0 aromatic carbocycles. The maximum atomic E-state index is 14.6. The Labute approximate surface area is 380 Å². The van der Waals surface area contributed by atoms with Crippen LogP contribution in [0.25, 0.3) is 0 Å². The van der Waals surface area contributed by atoms with Gasteiger partial charge in [-0.3, -0.25) is 4.90 Å². The summed E-state index contributed by atoms with van der Waals surface area (Å²) in [6.07, 6.45) is -22.0. The van der Waals surface area contributed by atoms with Crippen LogP contribution in [0.5, 0.6) is 0 Å². The first-order valence-electron chi connectivity index (χ1n) is 19.3. The van der Waals surface area contributed by atoms with E-state index in [0.29, 0.717) is 9.80 Å². The molecule has 0 aromatic rings. The van der Waals surface area contributed by atoms with Crippen molar-refractivity contribution in [1.29, 1.82) is 0 Å². The van der Waals surface area contributed by atoms with Gasteiger partial charge < -0.3 is 19.1 Å². The lowest BCUT2D eigenvalue weighted by Gasteiger charge is -2.43. The van der Waals surface area contributed by atoms with Crippen LogP contribution in [0.2, 0.25) is 0 Å². The molecule has 0 bridgehead atoms. The molecular weight excluding hydrogens is 1120 g/mol. The van der Waals surface area contributed by atoms with Crippen LogP contribution < -0.4 is 0 Å².